The zero-order valence-corrected chi connectivity index (χ0v) is 12.7. The Kier molecular flexibility index (Phi) is 4.69. The van der Waals surface area contributed by atoms with Gasteiger partial charge in [0.2, 0.25) is 5.66 Å². The molecule has 3 N–H and O–H groups in total. The molecule has 0 spiro atoms. The molecule has 0 fully saturated rings. The number of rotatable bonds is 4. The fraction of sp³-hybridized carbons (Fsp3) is 0.308. The Morgan fingerprint density at radius 3 is 2.67 bits per heavy atom. The van der Waals surface area contributed by atoms with E-state index < -0.39 is 16.6 Å². The fourth-order valence-electron chi connectivity index (χ4n) is 1.79. The van der Waals surface area contributed by atoms with Crippen molar-refractivity contribution >= 4 is 41.0 Å². The van der Waals surface area contributed by atoms with E-state index in [1.54, 1.807) is 6.92 Å². The van der Waals surface area contributed by atoms with Crippen LogP contribution in [0, 0.1) is 0 Å². The summed E-state index contributed by atoms with van der Waals surface area (Å²) in [5.41, 5.74) is 5.09. The minimum absolute atomic E-state index is 0.00408. The van der Waals surface area contributed by atoms with Crippen molar-refractivity contribution < 1.29 is 9.53 Å². The molecule has 1 aromatic rings. The first kappa shape index (κ1) is 15.6. The number of halogens is 2. The average Bonchev–Trinajstić information content (AvgIpc) is 2.78. The third kappa shape index (κ3) is 3.11. The van der Waals surface area contributed by atoms with Crippen LogP contribution in [0.2, 0.25) is 0 Å². The van der Waals surface area contributed by atoms with Crippen LogP contribution < -0.4 is 11.1 Å². The average molecular weight is 329 g/mol. The van der Waals surface area contributed by atoms with E-state index in [1.807, 2.05) is 30.3 Å². The molecule has 1 aromatic carbocycles. The van der Waals surface area contributed by atoms with Crippen LogP contribution in [0.3, 0.4) is 0 Å². The van der Waals surface area contributed by atoms with Crippen molar-refractivity contribution in [2.45, 2.75) is 17.4 Å². The summed E-state index contributed by atoms with van der Waals surface area (Å²) in [5.74, 6) is 0.348. The summed E-state index contributed by atoms with van der Waals surface area (Å²) in [7, 11) is 0. The maximum absolute atomic E-state index is 11.7. The molecule has 1 amide bonds. The molecule has 0 aliphatic carbocycles. The Bertz CT molecular complexity index is 589. The summed E-state index contributed by atoms with van der Waals surface area (Å²) in [4.78, 5) is 19.0. The minimum atomic E-state index is -1.53. The van der Waals surface area contributed by atoms with E-state index in [9.17, 15) is 4.79 Å². The van der Waals surface area contributed by atoms with Crippen molar-refractivity contribution in [3.8, 4) is 0 Å². The van der Waals surface area contributed by atoms with Crippen molar-refractivity contribution in [1.29, 1.82) is 0 Å². The summed E-state index contributed by atoms with van der Waals surface area (Å²) in [6.45, 7) is 1.87. The number of amides is 1. The zero-order chi connectivity index (χ0) is 15.5. The molecule has 1 aliphatic heterocycles. The fourth-order valence-corrected chi connectivity index (χ4v) is 2.23. The van der Waals surface area contributed by atoms with Gasteiger partial charge in [-0.05, 0) is 6.92 Å². The minimum Gasteiger partial charge on any atom is -0.450 e. The number of carbonyl (C=O) groups is 1. The molecule has 0 bridgehead atoms. The third-order valence-corrected chi connectivity index (χ3v) is 3.45. The van der Waals surface area contributed by atoms with Gasteiger partial charge in [0.15, 0.2) is 16.5 Å². The smallest absolute Gasteiger partial charge is 0.409 e. The van der Waals surface area contributed by atoms with Gasteiger partial charge in [0, 0.05) is 5.56 Å². The number of aliphatic imine (C=N–C) groups is 2. The van der Waals surface area contributed by atoms with Crippen molar-refractivity contribution in [1.82, 2.24) is 5.32 Å². The number of hydrogen-bond donors (Lipinski definition) is 2. The van der Waals surface area contributed by atoms with Crippen LogP contribution in [0.25, 0.3) is 0 Å². The van der Waals surface area contributed by atoms with Crippen LogP contribution >= 0.6 is 23.2 Å². The Morgan fingerprint density at radius 1 is 1.43 bits per heavy atom. The molecule has 1 aliphatic rings. The number of ether oxygens (including phenoxy) is 1. The van der Waals surface area contributed by atoms with Gasteiger partial charge in [-0.15, -0.1) is 0 Å². The van der Waals surface area contributed by atoms with E-state index in [-0.39, 0.29) is 12.4 Å². The zero-order valence-electron chi connectivity index (χ0n) is 11.2. The van der Waals surface area contributed by atoms with E-state index in [1.165, 1.54) is 0 Å². The summed E-state index contributed by atoms with van der Waals surface area (Å²) in [5, 5.41) is 2.47. The first-order valence-electron chi connectivity index (χ1n) is 6.22. The lowest BCUT2D eigenvalue weighted by Crippen LogP contribution is -2.59. The van der Waals surface area contributed by atoms with Gasteiger partial charge in [-0.25, -0.2) is 14.8 Å². The van der Waals surface area contributed by atoms with Gasteiger partial charge >= 0.3 is 6.09 Å². The van der Waals surface area contributed by atoms with Gasteiger partial charge in [-0.1, -0.05) is 53.5 Å². The molecule has 0 unspecified atom stereocenters. The highest BCUT2D eigenvalue weighted by atomic mass is 35.5. The van der Waals surface area contributed by atoms with Gasteiger partial charge < -0.3 is 10.5 Å². The Morgan fingerprint density at radius 2 is 2.10 bits per heavy atom. The molecule has 21 heavy (non-hydrogen) atoms. The topological polar surface area (TPSA) is 89.1 Å². The SMILES string of the molecule is CCOC(=O)N[C@@]1(C(Cl)Cl)N=C(c2ccccc2)N=C1N. The number of nitrogens with zero attached hydrogens (tertiary/aromatic N) is 2. The molecule has 0 saturated carbocycles. The molecule has 2 rings (SSSR count). The predicted molar refractivity (Wildman–Crippen MR) is 83.0 cm³/mol. The summed E-state index contributed by atoms with van der Waals surface area (Å²) in [6, 6.07) is 9.16. The monoisotopic (exact) mass is 328 g/mol. The molecular formula is C13H14Cl2N4O2. The largest absolute Gasteiger partial charge is 0.450 e. The number of alkyl halides is 2. The van der Waals surface area contributed by atoms with E-state index in [4.69, 9.17) is 33.7 Å². The molecule has 1 heterocycles. The van der Waals surface area contributed by atoms with Gasteiger partial charge in [-0.2, -0.15) is 0 Å². The first-order chi connectivity index (χ1) is 9.99. The second-order valence-corrected chi connectivity index (χ2v) is 5.31. The highest BCUT2D eigenvalue weighted by Gasteiger charge is 2.47. The molecule has 8 heteroatoms. The number of amidine groups is 2. The Hall–Kier alpha value is -1.79. The van der Waals surface area contributed by atoms with Gasteiger partial charge in [0.25, 0.3) is 0 Å². The number of nitrogens with two attached hydrogens (primary N) is 1. The van der Waals surface area contributed by atoms with E-state index >= 15 is 0 Å². The second kappa shape index (κ2) is 6.32. The standard InChI is InChI=1S/C13H14Cl2N4O2/c1-2-21-12(20)19-13(10(14)15)11(16)17-9(18-13)8-6-4-3-5-7-8/h3-7,10H,2H2,1H3,(H,19,20)(H2,16,17,18)/t13-/m1/s1. The maximum Gasteiger partial charge on any atom is 0.409 e. The molecule has 112 valence electrons. The molecule has 0 aromatic heterocycles. The second-order valence-electron chi connectivity index (χ2n) is 4.21. The molecular weight excluding hydrogens is 315 g/mol. The number of hydrogen-bond acceptors (Lipinski definition) is 5. The van der Waals surface area contributed by atoms with Crippen LogP contribution in [0.1, 0.15) is 12.5 Å². The van der Waals surface area contributed by atoms with Crippen LogP contribution in [0.5, 0.6) is 0 Å². The van der Waals surface area contributed by atoms with Crippen molar-refractivity contribution in [3.05, 3.63) is 35.9 Å². The molecule has 0 radical (unpaired) electrons. The summed E-state index contributed by atoms with van der Waals surface area (Å²) in [6.07, 6.45) is -0.722. The number of carbonyl (C=O) groups excluding carboxylic acids is 1. The number of benzene rings is 1. The van der Waals surface area contributed by atoms with Crippen LogP contribution in [0.15, 0.2) is 40.3 Å². The predicted octanol–water partition coefficient (Wildman–Crippen LogP) is 2.05. The first-order valence-corrected chi connectivity index (χ1v) is 7.10. The van der Waals surface area contributed by atoms with Gasteiger partial charge in [-0.3, -0.25) is 5.32 Å². The van der Waals surface area contributed by atoms with Crippen molar-refractivity contribution in [2.24, 2.45) is 15.7 Å². The lowest BCUT2D eigenvalue weighted by atomic mass is 10.2. The van der Waals surface area contributed by atoms with E-state index in [0.717, 1.165) is 5.56 Å². The molecule has 1 atom stereocenters. The van der Waals surface area contributed by atoms with Gasteiger partial charge in [0.1, 0.15) is 0 Å². The van der Waals surface area contributed by atoms with Gasteiger partial charge in [0.05, 0.1) is 6.61 Å². The maximum atomic E-state index is 11.7. The van der Waals surface area contributed by atoms with Crippen molar-refractivity contribution in [2.75, 3.05) is 6.61 Å². The van der Waals surface area contributed by atoms with E-state index in [2.05, 4.69) is 15.3 Å². The lowest BCUT2D eigenvalue weighted by molar-refractivity contribution is 0.146. The van der Waals surface area contributed by atoms with Crippen LogP contribution in [0.4, 0.5) is 4.79 Å². The Balaban J connectivity index is 2.36. The van der Waals surface area contributed by atoms with E-state index in [0.29, 0.717) is 5.84 Å². The van der Waals surface area contributed by atoms with Crippen LogP contribution in [-0.2, 0) is 4.74 Å². The Labute approximate surface area is 132 Å². The lowest BCUT2D eigenvalue weighted by Gasteiger charge is -2.27. The van der Waals surface area contributed by atoms with Crippen molar-refractivity contribution in [3.63, 3.8) is 0 Å². The highest BCUT2D eigenvalue weighted by Crippen LogP contribution is 2.28. The molecule has 6 nitrogen and oxygen atoms in total. The quantitative estimate of drug-likeness (QED) is 0.829. The summed E-state index contributed by atoms with van der Waals surface area (Å²) >= 11 is 11.9. The number of nitrogens with one attached hydrogen (secondary N) is 1. The summed E-state index contributed by atoms with van der Waals surface area (Å²) < 4.78 is 4.82. The number of alkyl carbamates (subject to hydrolysis) is 1. The molecule has 0 saturated heterocycles. The van der Waals surface area contributed by atoms with Crippen LogP contribution in [-0.4, -0.2) is 34.9 Å². The highest BCUT2D eigenvalue weighted by molar-refractivity contribution is 6.47. The third-order valence-electron chi connectivity index (χ3n) is 2.81. The normalized spacial score (nSPS) is 21.0.